The smallest absolute Gasteiger partial charge is 0.224 e. The number of rotatable bonds is 3. The molecular formula is C11H10ClNO4S3. The van der Waals surface area contributed by atoms with Gasteiger partial charge in [0.05, 0.1) is 9.92 Å². The number of nitrogens with two attached hydrogens (primary N) is 1. The number of hydrogen-bond donors (Lipinski definition) is 1. The first-order valence-corrected chi connectivity index (χ1v) is 9.48. The third-order valence-electron chi connectivity index (χ3n) is 2.48. The van der Waals surface area contributed by atoms with E-state index in [2.05, 4.69) is 0 Å². The van der Waals surface area contributed by atoms with Crippen LogP contribution in [0.2, 0.25) is 5.02 Å². The largest absolute Gasteiger partial charge is 0.247 e. The fourth-order valence-corrected chi connectivity index (χ4v) is 5.70. The normalized spacial score (nSPS) is 12.6. The van der Waals surface area contributed by atoms with E-state index in [0.717, 1.165) is 11.6 Å². The Balaban J connectivity index is 2.59. The maximum Gasteiger partial charge on any atom is 0.247 e. The Morgan fingerprint density at radius 1 is 1.05 bits per heavy atom. The molecule has 0 spiro atoms. The summed E-state index contributed by atoms with van der Waals surface area (Å²) in [6.07, 6.45) is 0. The molecule has 2 rings (SSSR count). The topological polar surface area (TPSA) is 94.3 Å². The van der Waals surface area contributed by atoms with Gasteiger partial charge in [0, 0.05) is 0 Å². The number of halogens is 1. The van der Waals surface area contributed by atoms with E-state index >= 15 is 0 Å². The minimum absolute atomic E-state index is 0.0624. The van der Waals surface area contributed by atoms with E-state index in [1.165, 1.54) is 18.2 Å². The molecule has 1 aromatic carbocycles. The van der Waals surface area contributed by atoms with Crippen LogP contribution in [0.25, 0.3) is 0 Å². The Morgan fingerprint density at radius 2 is 1.65 bits per heavy atom. The molecule has 0 aliphatic rings. The lowest BCUT2D eigenvalue weighted by Gasteiger charge is -2.05. The lowest BCUT2D eigenvalue weighted by Crippen LogP contribution is -2.09. The molecule has 0 radical (unpaired) electrons. The molecule has 0 saturated heterocycles. The van der Waals surface area contributed by atoms with Crippen LogP contribution < -0.4 is 5.14 Å². The molecule has 5 nitrogen and oxygen atoms in total. The van der Waals surface area contributed by atoms with Crippen LogP contribution in [-0.2, 0) is 19.9 Å². The van der Waals surface area contributed by atoms with Crippen LogP contribution in [0.1, 0.15) is 5.56 Å². The van der Waals surface area contributed by atoms with Crippen molar-refractivity contribution < 1.29 is 16.8 Å². The molecular weight excluding hydrogens is 342 g/mol. The average molecular weight is 352 g/mol. The van der Waals surface area contributed by atoms with Gasteiger partial charge < -0.3 is 0 Å². The molecule has 2 aromatic rings. The summed E-state index contributed by atoms with van der Waals surface area (Å²) in [4.78, 5) is -0.0624. The lowest BCUT2D eigenvalue weighted by molar-refractivity contribution is 0.597. The van der Waals surface area contributed by atoms with Crippen molar-refractivity contribution in [3.63, 3.8) is 0 Å². The van der Waals surface area contributed by atoms with Crippen LogP contribution >= 0.6 is 22.9 Å². The van der Waals surface area contributed by atoms with E-state index in [9.17, 15) is 16.8 Å². The molecule has 0 atom stereocenters. The van der Waals surface area contributed by atoms with Crippen LogP contribution in [0.15, 0.2) is 43.6 Å². The molecule has 0 fully saturated rings. The maximum atomic E-state index is 12.4. The second-order valence-corrected chi connectivity index (χ2v) is 9.48. The molecule has 2 N–H and O–H groups in total. The molecule has 0 bridgehead atoms. The summed E-state index contributed by atoms with van der Waals surface area (Å²) in [5.41, 5.74) is 0.824. The highest BCUT2D eigenvalue weighted by Crippen LogP contribution is 2.33. The predicted octanol–water partition coefficient (Wildman–Crippen LogP) is 2.19. The van der Waals surface area contributed by atoms with Gasteiger partial charge in [0.25, 0.3) is 0 Å². The summed E-state index contributed by atoms with van der Waals surface area (Å²) in [5.74, 6) is 0. The minimum Gasteiger partial charge on any atom is -0.224 e. The van der Waals surface area contributed by atoms with E-state index in [-0.39, 0.29) is 18.3 Å². The summed E-state index contributed by atoms with van der Waals surface area (Å²) in [6, 6.07) is 6.91. The predicted molar refractivity (Wildman–Crippen MR) is 77.3 cm³/mol. The molecule has 0 amide bonds. The van der Waals surface area contributed by atoms with Gasteiger partial charge >= 0.3 is 0 Å². The lowest BCUT2D eigenvalue weighted by atomic mass is 10.2. The zero-order valence-electron chi connectivity index (χ0n) is 10.2. The Bertz CT molecular complexity index is 869. The average Bonchev–Trinajstić information content (AvgIpc) is 2.77. The van der Waals surface area contributed by atoms with Gasteiger partial charge in [-0.3, -0.25) is 0 Å². The van der Waals surface area contributed by atoms with Crippen molar-refractivity contribution in [3.8, 4) is 0 Å². The van der Waals surface area contributed by atoms with E-state index in [0.29, 0.717) is 11.3 Å². The van der Waals surface area contributed by atoms with Crippen molar-refractivity contribution in [2.75, 3.05) is 0 Å². The zero-order chi connectivity index (χ0) is 15.1. The molecule has 1 heterocycles. The monoisotopic (exact) mass is 351 g/mol. The van der Waals surface area contributed by atoms with Crippen LogP contribution in [-0.4, -0.2) is 16.8 Å². The first-order valence-electron chi connectivity index (χ1n) is 5.26. The van der Waals surface area contributed by atoms with Gasteiger partial charge in [-0.05, 0) is 36.8 Å². The number of hydrogen-bond acceptors (Lipinski definition) is 5. The standard InChI is InChI=1S/C11H10ClNO4S3/c1-7-2-3-9(8(12)6-7)19(14,15)10-4-5-11(18-10)20(13,16)17/h2-6H,1H3,(H2,13,16,17). The highest BCUT2D eigenvalue weighted by Gasteiger charge is 2.24. The minimum atomic E-state index is -3.92. The summed E-state index contributed by atoms with van der Waals surface area (Å²) in [6.45, 7) is 1.78. The summed E-state index contributed by atoms with van der Waals surface area (Å²) in [7, 11) is -7.78. The Kier molecular flexibility index (Phi) is 3.96. The van der Waals surface area contributed by atoms with Gasteiger partial charge in [-0.2, -0.15) is 0 Å². The molecule has 0 aliphatic carbocycles. The van der Waals surface area contributed by atoms with Gasteiger partial charge in [0.2, 0.25) is 19.9 Å². The van der Waals surface area contributed by atoms with Gasteiger partial charge in [-0.1, -0.05) is 17.7 Å². The number of sulfone groups is 1. The van der Waals surface area contributed by atoms with Crippen molar-refractivity contribution in [2.45, 2.75) is 20.2 Å². The Morgan fingerprint density at radius 3 is 2.15 bits per heavy atom. The fraction of sp³-hybridized carbons (Fsp3) is 0.0909. The fourth-order valence-electron chi connectivity index (χ4n) is 1.53. The van der Waals surface area contributed by atoms with Crippen LogP contribution in [0, 0.1) is 6.92 Å². The molecule has 1 aromatic heterocycles. The second-order valence-electron chi connectivity index (χ2n) is 4.06. The summed E-state index contributed by atoms with van der Waals surface area (Å²) < 4.78 is 46.8. The van der Waals surface area contributed by atoms with Crippen LogP contribution in [0.4, 0.5) is 0 Å². The molecule has 9 heteroatoms. The highest BCUT2D eigenvalue weighted by atomic mass is 35.5. The van der Waals surface area contributed by atoms with Gasteiger partial charge in [0.1, 0.15) is 8.42 Å². The first kappa shape index (κ1) is 15.5. The SMILES string of the molecule is Cc1ccc(S(=O)(=O)c2ccc(S(N)(=O)=O)s2)c(Cl)c1. The molecule has 0 unspecified atom stereocenters. The Hall–Kier alpha value is -0.930. The first-order chi connectivity index (χ1) is 9.12. The van der Waals surface area contributed by atoms with Crippen molar-refractivity contribution in [3.05, 3.63) is 40.9 Å². The number of sulfonamides is 1. The van der Waals surface area contributed by atoms with Crippen molar-refractivity contribution >= 4 is 42.8 Å². The van der Waals surface area contributed by atoms with Crippen molar-refractivity contribution in [2.24, 2.45) is 5.14 Å². The zero-order valence-corrected chi connectivity index (χ0v) is 13.4. The molecule has 0 saturated carbocycles. The van der Waals surface area contributed by atoms with Gasteiger partial charge in [-0.15, -0.1) is 11.3 Å². The van der Waals surface area contributed by atoms with E-state index < -0.39 is 19.9 Å². The van der Waals surface area contributed by atoms with Crippen molar-refractivity contribution in [1.82, 2.24) is 0 Å². The molecule has 20 heavy (non-hydrogen) atoms. The van der Waals surface area contributed by atoms with E-state index in [1.807, 2.05) is 0 Å². The molecule has 108 valence electrons. The third kappa shape index (κ3) is 2.89. The van der Waals surface area contributed by atoms with Crippen molar-refractivity contribution in [1.29, 1.82) is 0 Å². The van der Waals surface area contributed by atoms with Gasteiger partial charge in [0.15, 0.2) is 0 Å². The summed E-state index contributed by atoms with van der Waals surface area (Å²) in [5, 5.41) is 5.06. The van der Waals surface area contributed by atoms with E-state index in [1.54, 1.807) is 13.0 Å². The number of benzene rings is 1. The quantitative estimate of drug-likeness (QED) is 0.916. The van der Waals surface area contributed by atoms with Crippen LogP contribution in [0.5, 0.6) is 0 Å². The number of thiophene rings is 1. The highest BCUT2D eigenvalue weighted by molar-refractivity contribution is 7.95. The molecule has 0 aliphatic heterocycles. The number of aryl methyl sites for hydroxylation is 1. The van der Waals surface area contributed by atoms with Crippen LogP contribution in [0.3, 0.4) is 0 Å². The van der Waals surface area contributed by atoms with E-state index in [4.69, 9.17) is 16.7 Å². The number of primary sulfonamides is 1. The Labute approximate surface area is 126 Å². The van der Waals surface area contributed by atoms with Gasteiger partial charge in [-0.25, -0.2) is 22.0 Å². The maximum absolute atomic E-state index is 12.4. The second kappa shape index (κ2) is 5.12. The summed E-state index contributed by atoms with van der Waals surface area (Å²) >= 11 is 6.54. The third-order valence-corrected chi connectivity index (χ3v) is 7.73.